The van der Waals surface area contributed by atoms with Gasteiger partial charge in [-0.05, 0) is 42.4 Å². The molecule has 0 spiro atoms. The lowest BCUT2D eigenvalue weighted by molar-refractivity contribution is 0.101. The highest BCUT2D eigenvalue weighted by Gasteiger charge is 2.34. The summed E-state index contributed by atoms with van der Waals surface area (Å²) < 4.78 is 5.39. The van der Waals surface area contributed by atoms with E-state index in [1.54, 1.807) is 18.2 Å². The molecule has 0 aliphatic heterocycles. The molecule has 1 aromatic heterocycles. The third kappa shape index (κ3) is 3.45. The number of rotatable bonds is 2. The van der Waals surface area contributed by atoms with Gasteiger partial charge in [0.15, 0.2) is 5.69 Å². The van der Waals surface area contributed by atoms with Gasteiger partial charge in [0.25, 0.3) is 5.91 Å². The van der Waals surface area contributed by atoms with Gasteiger partial charge in [-0.2, -0.15) is 0 Å². The molecule has 0 radical (unpaired) electrons. The first kappa shape index (κ1) is 17.3. The number of aryl methyl sites for hydroxylation is 1. The minimum atomic E-state index is -0.321. The van der Waals surface area contributed by atoms with E-state index in [9.17, 15) is 4.79 Å². The highest BCUT2D eigenvalue weighted by Crippen LogP contribution is 2.38. The number of hydrogen-bond acceptors (Lipinski definition) is 3. The molecule has 1 aromatic carbocycles. The number of carbonyl (C=O) groups excluding carboxylic acids is 1. The topological polar surface area (TPSA) is 55.1 Å². The van der Waals surface area contributed by atoms with Crippen molar-refractivity contribution in [2.45, 2.75) is 40.0 Å². The summed E-state index contributed by atoms with van der Waals surface area (Å²) in [7, 11) is 0. The van der Waals surface area contributed by atoms with Gasteiger partial charge >= 0.3 is 0 Å². The fourth-order valence-electron chi connectivity index (χ4n) is 3.10. The summed E-state index contributed by atoms with van der Waals surface area (Å²) in [5, 5.41) is 7.71. The van der Waals surface area contributed by atoms with Gasteiger partial charge in [-0.15, -0.1) is 0 Å². The lowest BCUT2D eigenvalue weighted by Gasteiger charge is -2.33. The Bertz CT molecular complexity index is 778. The molecular formula is C18H20Cl2N2O2. The Balaban J connectivity index is 1.85. The van der Waals surface area contributed by atoms with Gasteiger partial charge in [0.05, 0.1) is 10.7 Å². The molecular weight excluding hydrogens is 347 g/mol. The third-order valence-electron chi connectivity index (χ3n) is 4.66. The van der Waals surface area contributed by atoms with Crippen LogP contribution in [0.3, 0.4) is 0 Å². The molecule has 0 bridgehead atoms. The number of fused-ring (bicyclic) bond motifs is 1. The van der Waals surface area contributed by atoms with Crippen LogP contribution in [0.1, 0.15) is 49.0 Å². The van der Waals surface area contributed by atoms with Crippen LogP contribution in [0.2, 0.25) is 10.0 Å². The zero-order valence-electron chi connectivity index (χ0n) is 14.0. The van der Waals surface area contributed by atoms with Crippen LogP contribution >= 0.6 is 23.2 Å². The Kier molecular flexibility index (Phi) is 4.63. The van der Waals surface area contributed by atoms with E-state index >= 15 is 0 Å². The molecule has 4 nitrogen and oxygen atoms in total. The fraction of sp³-hybridized carbons (Fsp3) is 0.444. The Hall–Kier alpha value is -1.52. The van der Waals surface area contributed by atoms with Gasteiger partial charge in [-0.3, -0.25) is 4.79 Å². The second-order valence-electron chi connectivity index (χ2n) is 7.32. The molecule has 0 fully saturated rings. The lowest BCUT2D eigenvalue weighted by Crippen LogP contribution is -2.27. The summed E-state index contributed by atoms with van der Waals surface area (Å²) in [6, 6.07) is 4.94. The van der Waals surface area contributed by atoms with E-state index in [1.807, 2.05) is 0 Å². The monoisotopic (exact) mass is 366 g/mol. The number of anilines is 1. The van der Waals surface area contributed by atoms with Crippen LogP contribution in [-0.2, 0) is 12.8 Å². The van der Waals surface area contributed by atoms with Crippen LogP contribution in [0.5, 0.6) is 0 Å². The quantitative estimate of drug-likeness (QED) is 0.775. The maximum Gasteiger partial charge on any atom is 0.278 e. The van der Waals surface area contributed by atoms with Gasteiger partial charge in [0.1, 0.15) is 5.76 Å². The number of nitrogens with one attached hydrogen (secondary N) is 1. The van der Waals surface area contributed by atoms with Crippen LogP contribution in [-0.4, -0.2) is 11.1 Å². The molecule has 1 N–H and O–H groups in total. The van der Waals surface area contributed by atoms with Gasteiger partial charge < -0.3 is 9.84 Å². The van der Waals surface area contributed by atoms with Crippen molar-refractivity contribution in [3.05, 3.63) is 45.3 Å². The largest absolute Gasteiger partial charge is 0.360 e. The van der Waals surface area contributed by atoms with Crippen molar-refractivity contribution in [3.63, 3.8) is 0 Å². The zero-order chi connectivity index (χ0) is 17.5. The summed E-state index contributed by atoms with van der Waals surface area (Å²) in [6.45, 7) is 6.67. The molecule has 1 atom stereocenters. The lowest BCUT2D eigenvalue weighted by atomic mass is 9.71. The van der Waals surface area contributed by atoms with Crippen LogP contribution in [0.4, 0.5) is 5.69 Å². The maximum absolute atomic E-state index is 12.6. The molecule has 1 aliphatic carbocycles. The smallest absolute Gasteiger partial charge is 0.278 e. The fourth-order valence-corrected chi connectivity index (χ4v) is 3.43. The molecule has 2 aromatic rings. The summed E-state index contributed by atoms with van der Waals surface area (Å²) in [5.74, 6) is 0.988. The molecule has 1 amide bonds. The number of nitrogens with zero attached hydrogens (tertiary/aromatic N) is 1. The zero-order valence-corrected chi connectivity index (χ0v) is 15.5. The molecule has 1 aliphatic rings. The highest BCUT2D eigenvalue weighted by molar-refractivity contribution is 6.35. The van der Waals surface area contributed by atoms with E-state index in [-0.39, 0.29) is 11.3 Å². The Labute approximate surface area is 151 Å². The van der Waals surface area contributed by atoms with Crippen LogP contribution in [0.15, 0.2) is 22.7 Å². The minimum absolute atomic E-state index is 0.180. The molecule has 1 heterocycles. The van der Waals surface area contributed by atoms with E-state index in [0.717, 1.165) is 30.6 Å². The number of hydrogen-bond donors (Lipinski definition) is 1. The van der Waals surface area contributed by atoms with Crippen LogP contribution in [0, 0.1) is 11.3 Å². The Morgan fingerprint density at radius 2 is 2.08 bits per heavy atom. The number of carbonyl (C=O) groups is 1. The van der Waals surface area contributed by atoms with Crippen molar-refractivity contribution in [1.29, 1.82) is 0 Å². The second-order valence-corrected chi connectivity index (χ2v) is 8.16. The van der Waals surface area contributed by atoms with Gasteiger partial charge in [0.2, 0.25) is 0 Å². The van der Waals surface area contributed by atoms with Crippen molar-refractivity contribution in [1.82, 2.24) is 5.16 Å². The number of amides is 1. The van der Waals surface area contributed by atoms with Crippen LogP contribution in [0.25, 0.3) is 0 Å². The van der Waals surface area contributed by atoms with Gasteiger partial charge in [0, 0.05) is 17.0 Å². The van der Waals surface area contributed by atoms with E-state index in [4.69, 9.17) is 27.7 Å². The standard InChI is InChI=1S/C18H20Cl2N2O2/c1-18(2,3)10-4-7-15-12(8-10)16(22-24-15)17(23)21-14-9-11(19)5-6-13(14)20/h5-6,9-10H,4,7-8H2,1-3H3,(H,21,23)/t10-/m1/s1. The molecule has 3 rings (SSSR count). The highest BCUT2D eigenvalue weighted by atomic mass is 35.5. The molecule has 0 saturated carbocycles. The summed E-state index contributed by atoms with van der Waals surface area (Å²) in [5.41, 5.74) is 1.90. The Morgan fingerprint density at radius 3 is 2.79 bits per heavy atom. The van der Waals surface area contributed by atoms with Crippen molar-refractivity contribution < 1.29 is 9.32 Å². The van der Waals surface area contributed by atoms with E-state index < -0.39 is 0 Å². The Morgan fingerprint density at radius 1 is 1.33 bits per heavy atom. The first-order valence-corrected chi connectivity index (χ1v) is 8.75. The average molecular weight is 367 g/mol. The first-order chi connectivity index (χ1) is 11.3. The normalized spacial score (nSPS) is 17.5. The van der Waals surface area contributed by atoms with Gasteiger partial charge in [-0.25, -0.2) is 0 Å². The van der Waals surface area contributed by atoms with E-state index in [2.05, 4.69) is 31.2 Å². The minimum Gasteiger partial charge on any atom is -0.360 e. The predicted octanol–water partition coefficient (Wildman–Crippen LogP) is 5.38. The summed E-state index contributed by atoms with van der Waals surface area (Å²) in [6.07, 6.45) is 2.66. The predicted molar refractivity (Wildman–Crippen MR) is 95.9 cm³/mol. The first-order valence-electron chi connectivity index (χ1n) is 7.99. The number of aromatic nitrogens is 1. The van der Waals surface area contributed by atoms with Crippen molar-refractivity contribution in [2.75, 3.05) is 5.32 Å². The van der Waals surface area contributed by atoms with E-state index in [1.165, 1.54) is 0 Å². The number of halogens is 2. The van der Waals surface area contributed by atoms with Crippen molar-refractivity contribution in [2.24, 2.45) is 11.3 Å². The average Bonchev–Trinajstić information content (AvgIpc) is 2.93. The van der Waals surface area contributed by atoms with Gasteiger partial charge in [-0.1, -0.05) is 49.1 Å². The van der Waals surface area contributed by atoms with Crippen LogP contribution < -0.4 is 5.32 Å². The molecule has 128 valence electrons. The third-order valence-corrected chi connectivity index (χ3v) is 5.22. The van der Waals surface area contributed by atoms with Crippen molar-refractivity contribution in [3.8, 4) is 0 Å². The summed E-state index contributed by atoms with van der Waals surface area (Å²) >= 11 is 12.1. The molecule has 24 heavy (non-hydrogen) atoms. The number of benzene rings is 1. The van der Waals surface area contributed by atoms with E-state index in [0.29, 0.717) is 27.3 Å². The second kappa shape index (κ2) is 6.41. The molecule has 0 saturated heterocycles. The maximum atomic E-state index is 12.6. The summed E-state index contributed by atoms with van der Waals surface area (Å²) in [4.78, 5) is 12.6. The molecule has 6 heteroatoms. The van der Waals surface area contributed by atoms with Crippen molar-refractivity contribution >= 4 is 34.8 Å². The SMILES string of the molecule is CC(C)(C)[C@@H]1CCc2onc(C(=O)Nc3cc(Cl)ccc3Cl)c2C1. The molecule has 0 unspecified atom stereocenters.